The zero-order valence-electron chi connectivity index (χ0n) is 14.1. The van der Waals surface area contributed by atoms with E-state index < -0.39 is 5.91 Å². The van der Waals surface area contributed by atoms with Gasteiger partial charge in [0.05, 0.1) is 25.0 Å². The SMILES string of the molecule is Cn1ncc(C=O)c1C(=O)Nc1ccn2nc(N3CCOCC3)nc2c1. The number of anilines is 2. The number of aldehydes is 1. The van der Waals surface area contributed by atoms with Crippen LogP contribution in [0.5, 0.6) is 0 Å². The first-order valence-corrected chi connectivity index (χ1v) is 8.13. The van der Waals surface area contributed by atoms with Crippen LogP contribution >= 0.6 is 0 Å². The predicted octanol–water partition coefficient (Wildman–Crippen LogP) is 0.364. The van der Waals surface area contributed by atoms with E-state index in [4.69, 9.17) is 4.74 Å². The Bertz CT molecular complexity index is 972. The van der Waals surface area contributed by atoms with Crippen LogP contribution in [0, 0.1) is 0 Å². The molecule has 1 saturated heterocycles. The van der Waals surface area contributed by atoms with Crippen LogP contribution in [0.3, 0.4) is 0 Å². The lowest BCUT2D eigenvalue weighted by Crippen LogP contribution is -2.36. The van der Waals surface area contributed by atoms with Gasteiger partial charge < -0.3 is 15.0 Å². The van der Waals surface area contributed by atoms with Crippen molar-refractivity contribution in [3.05, 3.63) is 35.8 Å². The third-order valence-corrected chi connectivity index (χ3v) is 4.19. The Kier molecular flexibility index (Phi) is 4.09. The van der Waals surface area contributed by atoms with Crippen molar-refractivity contribution in [2.24, 2.45) is 7.05 Å². The molecule has 1 N–H and O–H groups in total. The van der Waals surface area contributed by atoms with Gasteiger partial charge in [0.2, 0.25) is 5.95 Å². The van der Waals surface area contributed by atoms with E-state index in [-0.39, 0.29) is 11.3 Å². The first kappa shape index (κ1) is 16.2. The van der Waals surface area contributed by atoms with E-state index in [0.29, 0.717) is 36.8 Å². The molecule has 4 heterocycles. The second-order valence-corrected chi connectivity index (χ2v) is 5.87. The molecule has 0 unspecified atom stereocenters. The number of ether oxygens (including phenoxy) is 1. The molecular weight excluding hydrogens is 338 g/mol. The number of nitrogens with one attached hydrogen (secondary N) is 1. The summed E-state index contributed by atoms with van der Waals surface area (Å²) in [6.07, 6.45) is 3.70. The average molecular weight is 355 g/mol. The van der Waals surface area contributed by atoms with Gasteiger partial charge in [-0.2, -0.15) is 10.1 Å². The van der Waals surface area contributed by atoms with Crippen LogP contribution in [0.2, 0.25) is 0 Å². The predicted molar refractivity (Wildman–Crippen MR) is 92.6 cm³/mol. The topological polar surface area (TPSA) is 107 Å². The third kappa shape index (κ3) is 2.90. The lowest BCUT2D eigenvalue weighted by Gasteiger charge is -2.25. The smallest absolute Gasteiger partial charge is 0.274 e. The summed E-state index contributed by atoms with van der Waals surface area (Å²) in [5.74, 6) is 0.219. The Balaban J connectivity index is 1.58. The molecule has 0 spiro atoms. The summed E-state index contributed by atoms with van der Waals surface area (Å²) < 4.78 is 8.36. The molecule has 10 nitrogen and oxygen atoms in total. The van der Waals surface area contributed by atoms with Gasteiger partial charge in [-0.1, -0.05) is 0 Å². The second-order valence-electron chi connectivity index (χ2n) is 5.87. The van der Waals surface area contributed by atoms with E-state index in [1.165, 1.54) is 10.9 Å². The summed E-state index contributed by atoms with van der Waals surface area (Å²) in [5.41, 5.74) is 1.62. The van der Waals surface area contributed by atoms with Crippen LogP contribution in [-0.4, -0.2) is 62.9 Å². The number of carbonyl (C=O) groups is 2. The summed E-state index contributed by atoms with van der Waals surface area (Å²) >= 11 is 0. The van der Waals surface area contributed by atoms with Crippen molar-refractivity contribution < 1.29 is 14.3 Å². The van der Waals surface area contributed by atoms with Crippen molar-refractivity contribution in [1.29, 1.82) is 0 Å². The molecule has 3 aromatic rings. The highest BCUT2D eigenvalue weighted by molar-refractivity contribution is 6.07. The van der Waals surface area contributed by atoms with E-state index in [2.05, 4.69) is 25.4 Å². The zero-order chi connectivity index (χ0) is 18.1. The Labute approximate surface area is 148 Å². The molecule has 134 valence electrons. The van der Waals surface area contributed by atoms with Crippen LogP contribution in [0.4, 0.5) is 11.6 Å². The van der Waals surface area contributed by atoms with E-state index in [9.17, 15) is 9.59 Å². The summed E-state index contributed by atoms with van der Waals surface area (Å²) in [6, 6.07) is 3.45. The fourth-order valence-corrected chi connectivity index (χ4v) is 2.85. The van der Waals surface area contributed by atoms with Crippen LogP contribution < -0.4 is 10.2 Å². The molecule has 3 aromatic heterocycles. The fraction of sp³-hybridized carbons (Fsp3) is 0.312. The number of aromatic nitrogens is 5. The first-order chi connectivity index (χ1) is 12.7. The average Bonchev–Trinajstić information content (AvgIpc) is 3.25. The fourth-order valence-electron chi connectivity index (χ4n) is 2.85. The molecular formula is C16H17N7O3. The Morgan fingerprint density at radius 1 is 1.35 bits per heavy atom. The minimum absolute atomic E-state index is 0.204. The molecule has 1 fully saturated rings. The van der Waals surface area contributed by atoms with Crippen molar-refractivity contribution in [3.8, 4) is 0 Å². The van der Waals surface area contributed by atoms with Gasteiger partial charge in [-0.3, -0.25) is 14.3 Å². The molecule has 1 amide bonds. The van der Waals surface area contributed by atoms with E-state index in [1.54, 1.807) is 29.9 Å². The maximum atomic E-state index is 12.5. The zero-order valence-corrected chi connectivity index (χ0v) is 14.1. The summed E-state index contributed by atoms with van der Waals surface area (Å²) in [7, 11) is 1.61. The molecule has 0 aliphatic carbocycles. The quantitative estimate of drug-likeness (QED) is 0.674. The van der Waals surface area contributed by atoms with E-state index >= 15 is 0 Å². The summed E-state index contributed by atoms with van der Waals surface area (Å²) in [4.78, 5) is 30.1. The number of aryl methyl sites for hydroxylation is 1. The lowest BCUT2D eigenvalue weighted by molar-refractivity contribution is 0.101. The van der Waals surface area contributed by atoms with Gasteiger partial charge in [0, 0.05) is 38.1 Å². The van der Waals surface area contributed by atoms with Gasteiger partial charge in [0.25, 0.3) is 5.91 Å². The van der Waals surface area contributed by atoms with Crippen LogP contribution in [-0.2, 0) is 11.8 Å². The standard InChI is InChI=1S/C16H17N7O3/c1-21-14(11(10-24)9-17-21)15(25)18-12-2-3-23-13(8-12)19-16(20-23)22-4-6-26-7-5-22/h2-3,8-10H,4-7H2,1H3,(H,18,25). The minimum atomic E-state index is -0.413. The Morgan fingerprint density at radius 2 is 2.15 bits per heavy atom. The maximum absolute atomic E-state index is 12.5. The van der Waals surface area contributed by atoms with Crippen molar-refractivity contribution >= 4 is 29.5 Å². The number of morpholine rings is 1. The molecule has 26 heavy (non-hydrogen) atoms. The van der Waals surface area contributed by atoms with E-state index in [0.717, 1.165) is 13.1 Å². The number of fused-ring (bicyclic) bond motifs is 1. The van der Waals surface area contributed by atoms with Crippen molar-refractivity contribution in [1.82, 2.24) is 24.4 Å². The van der Waals surface area contributed by atoms with Gasteiger partial charge in [-0.25, -0.2) is 4.52 Å². The number of hydrogen-bond donors (Lipinski definition) is 1. The van der Waals surface area contributed by atoms with Gasteiger partial charge in [-0.15, -0.1) is 5.10 Å². The molecule has 0 radical (unpaired) electrons. The monoisotopic (exact) mass is 355 g/mol. The highest BCUT2D eigenvalue weighted by Crippen LogP contribution is 2.17. The number of carbonyl (C=O) groups excluding carboxylic acids is 2. The Morgan fingerprint density at radius 3 is 2.92 bits per heavy atom. The molecule has 1 aliphatic rings. The number of pyridine rings is 1. The number of hydrogen-bond acceptors (Lipinski definition) is 7. The highest BCUT2D eigenvalue weighted by atomic mass is 16.5. The van der Waals surface area contributed by atoms with Crippen LogP contribution in [0.1, 0.15) is 20.8 Å². The van der Waals surface area contributed by atoms with Crippen molar-refractivity contribution in [2.45, 2.75) is 0 Å². The largest absolute Gasteiger partial charge is 0.378 e. The van der Waals surface area contributed by atoms with Gasteiger partial charge in [-0.05, 0) is 6.07 Å². The minimum Gasteiger partial charge on any atom is -0.378 e. The summed E-state index contributed by atoms with van der Waals surface area (Å²) in [6.45, 7) is 2.80. The molecule has 1 aliphatic heterocycles. The molecule has 0 saturated carbocycles. The van der Waals surface area contributed by atoms with Crippen LogP contribution in [0.15, 0.2) is 24.5 Å². The number of rotatable bonds is 4. The second kappa shape index (κ2) is 6.56. The number of amides is 1. The maximum Gasteiger partial charge on any atom is 0.274 e. The van der Waals surface area contributed by atoms with Crippen molar-refractivity contribution in [3.63, 3.8) is 0 Å². The first-order valence-electron chi connectivity index (χ1n) is 8.13. The summed E-state index contributed by atoms with van der Waals surface area (Å²) in [5, 5.41) is 11.2. The van der Waals surface area contributed by atoms with Gasteiger partial charge in [0.1, 0.15) is 5.69 Å². The molecule has 0 aromatic carbocycles. The molecule has 4 rings (SSSR count). The highest BCUT2D eigenvalue weighted by Gasteiger charge is 2.18. The van der Waals surface area contributed by atoms with E-state index in [1.807, 2.05) is 0 Å². The van der Waals surface area contributed by atoms with Crippen molar-refractivity contribution in [2.75, 3.05) is 36.5 Å². The van der Waals surface area contributed by atoms with Gasteiger partial charge in [0.15, 0.2) is 11.9 Å². The molecule has 10 heteroatoms. The van der Waals surface area contributed by atoms with Crippen LogP contribution in [0.25, 0.3) is 5.65 Å². The Hall–Kier alpha value is -3.27. The lowest BCUT2D eigenvalue weighted by atomic mass is 10.2. The number of nitrogens with zero attached hydrogens (tertiary/aromatic N) is 6. The molecule has 0 bridgehead atoms. The normalized spacial score (nSPS) is 14.6. The molecule has 0 atom stereocenters. The third-order valence-electron chi connectivity index (χ3n) is 4.19. The van der Waals surface area contributed by atoms with Gasteiger partial charge >= 0.3 is 0 Å².